The summed E-state index contributed by atoms with van der Waals surface area (Å²) in [4.78, 5) is 18.5. The Hall–Kier alpha value is -2.97. The summed E-state index contributed by atoms with van der Waals surface area (Å²) >= 11 is 0. The fourth-order valence-corrected chi connectivity index (χ4v) is 4.19. The number of ether oxygens (including phenoxy) is 2. The summed E-state index contributed by atoms with van der Waals surface area (Å²) in [5.41, 5.74) is 1.67. The molecule has 2 aromatic rings. The van der Waals surface area contributed by atoms with Gasteiger partial charge in [0.15, 0.2) is 5.69 Å². The van der Waals surface area contributed by atoms with Crippen LogP contribution in [0.25, 0.3) is 0 Å². The number of aromatic carboxylic acids is 1. The summed E-state index contributed by atoms with van der Waals surface area (Å²) in [5.74, 6) is -0.249. The van der Waals surface area contributed by atoms with Crippen molar-refractivity contribution < 1.29 is 19.4 Å². The molecule has 1 aromatic heterocycles. The highest BCUT2D eigenvalue weighted by atomic mass is 16.5. The van der Waals surface area contributed by atoms with Crippen molar-refractivity contribution in [3.63, 3.8) is 0 Å². The van der Waals surface area contributed by atoms with Crippen LogP contribution in [0.4, 0.5) is 11.5 Å². The van der Waals surface area contributed by atoms with Gasteiger partial charge in [-0.15, -0.1) is 0 Å². The first-order chi connectivity index (χ1) is 15.9. The Balaban J connectivity index is 1.64. The molecule has 0 bridgehead atoms. The van der Waals surface area contributed by atoms with Crippen molar-refractivity contribution in [1.29, 1.82) is 5.41 Å². The number of hydrogen-bond acceptors (Lipinski definition) is 7. The van der Waals surface area contributed by atoms with Crippen molar-refractivity contribution in [3.05, 3.63) is 47.7 Å². The Morgan fingerprint density at radius 3 is 2.58 bits per heavy atom. The Labute approximate surface area is 194 Å². The number of aromatic nitrogens is 1. The number of carboxylic acids is 1. The van der Waals surface area contributed by atoms with E-state index in [1.54, 1.807) is 0 Å². The van der Waals surface area contributed by atoms with Gasteiger partial charge in [-0.1, -0.05) is 24.6 Å². The van der Waals surface area contributed by atoms with E-state index in [0.717, 1.165) is 38.2 Å². The number of anilines is 2. The van der Waals surface area contributed by atoms with E-state index in [1.165, 1.54) is 6.07 Å². The molecule has 1 aliphatic carbocycles. The van der Waals surface area contributed by atoms with Gasteiger partial charge in [0, 0.05) is 36.0 Å². The molecule has 2 heterocycles. The third-order valence-corrected chi connectivity index (χ3v) is 6.38. The van der Waals surface area contributed by atoms with Crippen LogP contribution < -0.4 is 10.1 Å². The van der Waals surface area contributed by atoms with Crippen LogP contribution >= 0.6 is 0 Å². The summed E-state index contributed by atoms with van der Waals surface area (Å²) in [5, 5.41) is 21.8. The van der Waals surface area contributed by atoms with Crippen molar-refractivity contribution in [2.45, 2.75) is 45.2 Å². The lowest BCUT2D eigenvalue weighted by atomic mass is 9.79. The summed E-state index contributed by atoms with van der Waals surface area (Å²) in [7, 11) is 0. The average molecular weight is 453 g/mol. The van der Waals surface area contributed by atoms with Crippen LogP contribution in [0.1, 0.15) is 49.2 Å². The quantitative estimate of drug-likeness (QED) is 0.439. The Kier molecular flexibility index (Phi) is 7.25. The Morgan fingerprint density at radius 1 is 1.30 bits per heavy atom. The van der Waals surface area contributed by atoms with Gasteiger partial charge >= 0.3 is 5.97 Å². The minimum absolute atomic E-state index is 0.110. The van der Waals surface area contributed by atoms with Crippen LogP contribution in [0.15, 0.2) is 36.4 Å². The summed E-state index contributed by atoms with van der Waals surface area (Å²) in [6.45, 7) is 6.81. The molecule has 1 aromatic carbocycles. The first kappa shape index (κ1) is 23.2. The number of pyridine rings is 1. The van der Waals surface area contributed by atoms with Crippen molar-refractivity contribution in [2.24, 2.45) is 5.92 Å². The third kappa shape index (κ3) is 5.34. The van der Waals surface area contributed by atoms with E-state index in [0.29, 0.717) is 48.1 Å². The number of para-hydroxylation sites is 1. The molecule has 1 saturated carbocycles. The molecule has 4 rings (SSSR count). The van der Waals surface area contributed by atoms with E-state index in [1.807, 2.05) is 30.3 Å². The topological polar surface area (TPSA) is 108 Å². The van der Waals surface area contributed by atoms with E-state index in [4.69, 9.17) is 14.9 Å². The predicted molar refractivity (Wildman–Crippen MR) is 127 cm³/mol. The van der Waals surface area contributed by atoms with Crippen LogP contribution in [0.5, 0.6) is 5.75 Å². The second kappa shape index (κ2) is 10.3. The lowest BCUT2D eigenvalue weighted by Crippen LogP contribution is -2.53. The van der Waals surface area contributed by atoms with Crippen LogP contribution in [0, 0.1) is 11.3 Å². The molecule has 1 saturated heterocycles. The van der Waals surface area contributed by atoms with Crippen LogP contribution in [-0.4, -0.2) is 65.1 Å². The predicted octanol–water partition coefficient (Wildman–Crippen LogP) is 4.18. The van der Waals surface area contributed by atoms with Gasteiger partial charge in [0.25, 0.3) is 0 Å². The maximum Gasteiger partial charge on any atom is 0.354 e. The number of hydrogen-bond donors (Lipinski definition) is 3. The number of rotatable bonds is 11. The molecule has 33 heavy (non-hydrogen) atoms. The molecule has 176 valence electrons. The van der Waals surface area contributed by atoms with Gasteiger partial charge in [0.1, 0.15) is 18.2 Å². The molecular formula is C25H32N4O4. The molecule has 0 amide bonds. The van der Waals surface area contributed by atoms with Crippen molar-refractivity contribution in [1.82, 2.24) is 9.88 Å². The summed E-state index contributed by atoms with van der Waals surface area (Å²) in [6, 6.07) is 11.6. The maximum absolute atomic E-state index is 11.8. The normalized spacial score (nSPS) is 16.4. The second-order valence-corrected chi connectivity index (χ2v) is 8.94. The lowest BCUT2D eigenvalue weighted by molar-refractivity contribution is -0.0776. The minimum atomic E-state index is -1.13. The van der Waals surface area contributed by atoms with E-state index in [-0.39, 0.29) is 11.6 Å². The van der Waals surface area contributed by atoms with E-state index < -0.39 is 5.97 Å². The summed E-state index contributed by atoms with van der Waals surface area (Å²) < 4.78 is 11.5. The highest BCUT2D eigenvalue weighted by Crippen LogP contribution is 2.37. The first-order valence-corrected chi connectivity index (χ1v) is 11.6. The number of carboxylic acid groups (broad SMARTS) is 1. The Bertz CT molecular complexity index is 987. The molecule has 8 heteroatoms. The van der Waals surface area contributed by atoms with Gasteiger partial charge in [-0.05, 0) is 38.8 Å². The highest BCUT2D eigenvalue weighted by Gasteiger charge is 2.30. The van der Waals surface area contributed by atoms with Crippen molar-refractivity contribution in [3.8, 4) is 5.75 Å². The third-order valence-electron chi connectivity index (χ3n) is 6.38. The number of carbonyl (C=O) groups is 1. The lowest BCUT2D eigenvalue weighted by Gasteiger charge is -2.39. The molecular weight excluding hydrogens is 420 g/mol. The van der Waals surface area contributed by atoms with Crippen LogP contribution in [-0.2, 0) is 4.74 Å². The second-order valence-electron chi connectivity index (χ2n) is 8.94. The molecule has 1 aliphatic heterocycles. The van der Waals surface area contributed by atoms with Gasteiger partial charge in [-0.3, -0.25) is 4.90 Å². The molecule has 0 spiro atoms. The molecule has 3 N–H and O–H groups in total. The molecule has 0 atom stereocenters. The van der Waals surface area contributed by atoms with E-state index in [9.17, 15) is 9.90 Å². The zero-order chi connectivity index (χ0) is 23.4. The zero-order valence-electron chi connectivity index (χ0n) is 19.2. The van der Waals surface area contributed by atoms with Gasteiger partial charge in [-0.2, -0.15) is 0 Å². The van der Waals surface area contributed by atoms with Gasteiger partial charge in [0.2, 0.25) is 0 Å². The molecule has 0 unspecified atom stereocenters. The molecule has 2 fully saturated rings. The molecule has 2 aliphatic rings. The smallest absolute Gasteiger partial charge is 0.354 e. The maximum atomic E-state index is 11.8. The monoisotopic (exact) mass is 452 g/mol. The van der Waals surface area contributed by atoms with E-state index >= 15 is 0 Å². The Morgan fingerprint density at radius 2 is 2.03 bits per heavy atom. The number of benzene rings is 1. The zero-order valence-corrected chi connectivity index (χ0v) is 19.2. The number of nitrogens with zero attached hydrogens (tertiary/aromatic N) is 2. The fraction of sp³-hybridized carbons (Fsp3) is 0.480. The van der Waals surface area contributed by atoms with Crippen molar-refractivity contribution >= 4 is 23.2 Å². The average Bonchev–Trinajstić information content (AvgIpc) is 2.70. The van der Waals surface area contributed by atoms with Gasteiger partial charge < -0.3 is 25.3 Å². The first-order valence-electron chi connectivity index (χ1n) is 11.6. The highest BCUT2D eigenvalue weighted by molar-refractivity contribution is 6.07. The largest absolute Gasteiger partial charge is 0.491 e. The standard InChI is InChI=1S/C25H32N4O4/c1-16(2)29(19-14-32-15-19)11-12-33-21-13-20(25(30)31)28-24(27-18-9-4-3-5-10-18)22(21)23(26)17-7-6-8-17/h3-5,9-10,13,16-17,19,26H,6-8,11-12,14-15H2,1-2H3,(H,27,28)(H,30,31). The van der Waals surface area contributed by atoms with E-state index in [2.05, 4.69) is 29.0 Å². The summed E-state index contributed by atoms with van der Waals surface area (Å²) in [6.07, 6.45) is 3.00. The molecule has 8 nitrogen and oxygen atoms in total. The van der Waals surface area contributed by atoms with Crippen LogP contribution in [0.2, 0.25) is 0 Å². The SMILES string of the molecule is CC(C)N(CCOc1cc(C(=O)O)nc(Nc2ccccc2)c1C(=N)C1CCC1)C1COC1. The minimum Gasteiger partial charge on any atom is -0.491 e. The fourth-order valence-electron chi connectivity index (χ4n) is 4.19. The number of nitrogens with one attached hydrogen (secondary N) is 2. The van der Waals surface area contributed by atoms with Gasteiger partial charge in [-0.25, -0.2) is 9.78 Å². The molecule has 0 radical (unpaired) electrons. The van der Waals surface area contributed by atoms with Gasteiger partial charge in [0.05, 0.1) is 24.8 Å². The van der Waals surface area contributed by atoms with Crippen LogP contribution in [0.3, 0.4) is 0 Å². The van der Waals surface area contributed by atoms with Crippen molar-refractivity contribution in [2.75, 3.05) is 31.7 Å².